The van der Waals surface area contributed by atoms with Crippen LogP contribution >= 0.6 is 0 Å². The Morgan fingerprint density at radius 2 is 1.94 bits per heavy atom. The normalized spacial score (nSPS) is 31.2. The van der Waals surface area contributed by atoms with E-state index in [0.29, 0.717) is 5.54 Å². The van der Waals surface area contributed by atoms with Crippen LogP contribution in [0.5, 0.6) is 0 Å². The Morgan fingerprint density at radius 3 is 2.67 bits per heavy atom. The van der Waals surface area contributed by atoms with Crippen molar-refractivity contribution >= 4 is 0 Å². The van der Waals surface area contributed by atoms with E-state index in [4.69, 9.17) is 0 Å². The number of nitrogens with zero attached hydrogens (tertiary/aromatic N) is 1. The number of hydrogen-bond donors (Lipinski definition) is 1. The van der Waals surface area contributed by atoms with Gasteiger partial charge in [-0.25, -0.2) is 0 Å². The van der Waals surface area contributed by atoms with E-state index < -0.39 is 0 Å². The standard InChI is InChI=1S/C16H30N2/c1-14(12-15-6-7-15)18-11-5-10-17-16(13-18)8-3-2-4-9-16/h14-15,17H,2-13H2,1H3. The fourth-order valence-corrected chi connectivity index (χ4v) is 4.08. The molecule has 2 nitrogen and oxygen atoms in total. The van der Waals surface area contributed by atoms with E-state index in [1.807, 2.05) is 0 Å². The van der Waals surface area contributed by atoms with Crippen molar-refractivity contribution < 1.29 is 0 Å². The van der Waals surface area contributed by atoms with Crippen molar-refractivity contribution in [3.8, 4) is 0 Å². The minimum atomic E-state index is 0.479. The van der Waals surface area contributed by atoms with Gasteiger partial charge in [-0.2, -0.15) is 0 Å². The first kappa shape index (κ1) is 12.9. The van der Waals surface area contributed by atoms with Crippen LogP contribution in [0.4, 0.5) is 0 Å². The van der Waals surface area contributed by atoms with Crippen molar-refractivity contribution in [2.45, 2.75) is 76.3 Å². The average molecular weight is 250 g/mol. The third-order valence-corrected chi connectivity index (χ3v) is 5.43. The second-order valence-corrected chi connectivity index (χ2v) is 7.12. The fourth-order valence-electron chi connectivity index (χ4n) is 4.08. The highest BCUT2D eigenvalue weighted by molar-refractivity contribution is 4.96. The minimum absolute atomic E-state index is 0.479. The Labute approximate surface area is 113 Å². The van der Waals surface area contributed by atoms with E-state index in [0.717, 1.165) is 12.0 Å². The summed E-state index contributed by atoms with van der Waals surface area (Å²) >= 11 is 0. The number of rotatable bonds is 3. The molecule has 0 amide bonds. The summed E-state index contributed by atoms with van der Waals surface area (Å²) in [7, 11) is 0. The van der Waals surface area contributed by atoms with Gasteiger partial charge in [0.2, 0.25) is 0 Å². The lowest BCUT2D eigenvalue weighted by Crippen LogP contribution is -2.54. The SMILES string of the molecule is CC(CC1CC1)N1CCCNC2(CCCCC2)C1. The van der Waals surface area contributed by atoms with Crippen LogP contribution in [-0.2, 0) is 0 Å². The number of hydrogen-bond acceptors (Lipinski definition) is 2. The van der Waals surface area contributed by atoms with Gasteiger partial charge >= 0.3 is 0 Å². The van der Waals surface area contributed by atoms with E-state index >= 15 is 0 Å². The van der Waals surface area contributed by atoms with Crippen LogP contribution in [0.3, 0.4) is 0 Å². The van der Waals surface area contributed by atoms with E-state index in [-0.39, 0.29) is 0 Å². The minimum Gasteiger partial charge on any atom is -0.310 e. The third kappa shape index (κ3) is 3.08. The molecular formula is C16H30N2. The summed E-state index contributed by atoms with van der Waals surface area (Å²) in [5.41, 5.74) is 0.479. The zero-order valence-corrected chi connectivity index (χ0v) is 12.1. The van der Waals surface area contributed by atoms with E-state index in [2.05, 4.69) is 17.1 Å². The Kier molecular flexibility index (Phi) is 3.95. The summed E-state index contributed by atoms with van der Waals surface area (Å²) in [5.74, 6) is 1.07. The molecule has 104 valence electrons. The lowest BCUT2D eigenvalue weighted by atomic mass is 9.81. The first-order chi connectivity index (χ1) is 8.77. The van der Waals surface area contributed by atoms with Crippen LogP contribution in [0.15, 0.2) is 0 Å². The summed E-state index contributed by atoms with van der Waals surface area (Å²) in [4.78, 5) is 2.81. The predicted octanol–water partition coefficient (Wildman–Crippen LogP) is 3.17. The van der Waals surface area contributed by atoms with Gasteiger partial charge in [0.05, 0.1) is 0 Å². The molecule has 0 aromatic heterocycles. The molecule has 1 heterocycles. The summed E-state index contributed by atoms with van der Waals surface area (Å²) in [6, 6.07) is 0.816. The van der Waals surface area contributed by atoms with E-state index in [1.165, 1.54) is 77.4 Å². The molecule has 1 unspecified atom stereocenters. The fraction of sp³-hybridized carbons (Fsp3) is 1.00. The molecular weight excluding hydrogens is 220 g/mol. The molecule has 0 bridgehead atoms. The van der Waals surface area contributed by atoms with Gasteiger partial charge in [-0.15, -0.1) is 0 Å². The van der Waals surface area contributed by atoms with Gasteiger partial charge in [0.15, 0.2) is 0 Å². The molecule has 3 aliphatic rings. The van der Waals surface area contributed by atoms with E-state index in [9.17, 15) is 0 Å². The molecule has 2 aliphatic carbocycles. The lowest BCUT2D eigenvalue weighted by Gasteiger charge is -2.41. The monoisotopic (exact) mass is 250 g/mol. The summed E-state index contributed by atoms with van der Waals surface area (Å²) < 4.78 is 0. The highest BCUT2D eigenvalue weighted by atomic mass is 15.2. The molecule has 3 fully saturated rings. The molecule has 0 radical (unpaired) electrons. The Bertz CT molecular complexity index is 266. The van der Waals surface area contributed by atoms with Gasteiger partial charge in [-0.3, -0.25) is 4.90 Å². The van der Waals surface area contributed by atoms with Crippen molar-refractivity contribution in [2.24, 2.45) is 5.92 Å². The smallest absolute Gasteiger partial charge is 0.0308 e. The molecule has 1 N–H and O–H groups in total. The van der Waals surface area contributed by atoms with Crippen molar-refractivity contribution in [3.63, 3.8) is 0 Å². The first-order valence-electron chi connectivity index (χ1n) is 8.27. The zero-order chi connectivity index (χ0) is 12.4. The second-order valence-electron chi connectivity index (χ2n) is 7.12. The maximum absolute atomic E-state index is 3.91. The first-order valence-corrected chi connectivity index (χ1v) is 8.27. The molecule has 1 spiro atoms. The van der Waals surface area contributed by atoms with Crippen molar-refractivity contribution in [3.05, 3.63) is 0 Å². The average Bonchev–Trinajstić information content (AvgIpc) is 3.18. The quantitative estimate of drug-likeness (QED) is 0.827. The number of nitrogens with one attached hydrogen (secondary N) is 1. The van der Waals surface area contributed by atoms with Crippen LogP contribution in [0.2, 0.25) is 0 Å². The highest BCUT2D eigenvalue weighted by Crippen LogP contribution is 2.36. The molecule has 1 atom stereocenters. The maximum atomic E-state index is 3.91. The molecule has 0 aromatic rings. The zero-order valence-electron chi connectivity index (χ0n) is 12.1. The van der Waals surface area contributed by atoms with Crippen LogP contribution < -0.4 is 5.32 Å². The Morgan fingerprint density at radius 1 is 1.17 bits per heavy atom. The van der Waals surface area contributed by atoms with Crippen LogP contribution in [-0.4, -0.2) is 36.1 Å². The van der Waals surface area contributed by atoms with Crippen molar-refractivity contribution in [1.29, 1.82) is 0 Å². The Hall–Kier alpha value is -0.0800. The van der Waals surface area contributed by atoms with Crippen LogP contribution in [0.1, 0.15) is 64.7 Å². The topological polar surface area (TPSA) is 15.3 Å². The molecule has 1 saturated heterocycles. The van der Waals surface area contributed by atoms with Gasteiger partial charge in [0.25, 0.3) is 0 Å². The van der Waals surface area contributed by atoms with Gasteiger partial charge in [0, 0.05) is 18.1 Å². The van der Waals surface area contributed by atoms with Gasteiger partial charge < -0.3 is 5.32 Å². The van der Waals surface area contributed by atoms with Gasteiger partial charge in [-0.05, 0) is 51.6 Å². The van der Waals surface area contributed by atoms with Gasteiger partial charge in [-0.1, -0.05) is 32.1 Å². The second kappa shape index (κ2) is 5.50. The predicted molar refractivity (Wildman–Crippen MR) is 76.8 cm³/mol. The summed E-state index contributed by atoms with van der Waals surface area (Å²) in [6.07, 6.45) is 13.0. The summed E-state index contributed by atoms with van der Waals surface area (Å²) in [6.45, 7) is 6.36. The van der Waals surface area contributed by atoms with Gasteiger partial charge in [0.1, 0.15) is 0 Å². The van der Waals surface area contributed by atoms with Crippen molar-refractivity contribution in [2.75, 3.05) is 19.6 Å². The highest BCUT2D eigenvalue weighted by Gasteiger charge is 2.36. The van der Waals surface area contributed by atoms with Crippen LogP contribution in [0.25, 0.3) is 0 Å². The van der Waals surface area contributed by atoms with Crippen molar-refractivity contribution in [1.82, 2.24) is 10.2 Å². The largest absolute Gasteiger partial charge is 0.310 e. The third-order valence-electron chi connectivity index (χ3n) is 5.43. The Balaban J connectivity index is 1.62. The molecule has 18 heavy (non-hydrogen) atoms. The van der Waals surface area contributed by atoms with E-state index in [1.54, 1.807) is 0 Å². The molecule has 0 aromatic carbocycles. The van der Waals surface area contributed by atoms with Crippen LogP contribution in [0, 0.1) is 5.92 Å². The maximum Gasteiger partial charge on any atom is 0.0308 e. The molecule has 2 saturated carbocycles. The summed E-state index contributed by atoms with van der Waals surface area (Å²) in [5, 5.41) is 3.91. The molecule has 1 aliphatic heterocycles. The lowest BCUT2D eigenvalue weighted by molar-refractivity contribution is 0.127. The molecule has 3 rings (SSSR count). The molecule has 2 heteroatoms.